The number of benzene rings is 1. The molecule has 0 heterocycles. The fourth-order valence-electron chi connectivity index (χ4n) is 5.21. The molecule has 1 aromatic rings. The van der Waals surface area contributed by atoms with Crippen molar-refractivity contribution in [3.05, 3.63) is 28.8 Å². The number of hydrogen-bond acceptors (Lipinski definition) is 4. The van der Waals surface area contributed by atoms with Crippen LogP contribution < -0.4 is 0 Å². The Balaban J connectivity index is 0.00000243. The summed E-state index contributed by atoms with van der Waals surface area (Å²) in [5, 5.41) is 0. The number of carbonyl (C=O) groups excluding carboxylic acids is 1. The molecule has 0 saturated heterocycles. The summed E-state index contributed by atoms with van der Waals surface area (Å²) in [4.78, 5) is 10.9. The fraction of sp³-hybridized carbons (Fsp3) is 0.650. The normalized spacial score (nSPS) is 27.9. The second kappa shape index (κ2) is 7.94. The molecule has 2 aliphatic rings. The van der Waals surface area contributed by atoms with Crippen molar-refractivity contribution in [2.75, 3.05) is 0 Å². The van der Waals surface area contributed by atoms with E-state index in [4.69, 9.17) is 0 Å². The predicted molar refractivity (Wildman–Crippen MR) is 104 cm³/mol. The molecule has 0 N–H and O–H groups in total. The molecule has 0 spiro atoms. The van der Waals surface area contributed by atoms with Crippen molar-refractivity contribution in [1.82, 2.24) is 0 Å². The van der Waals surface area contributed by atoms with Crippen molar-refractivity contribution in [3.63, 3.8) is 0 Å². The zero-order valence-corrected chi connectivity index (χ0v) is 16.4. The van der Waals surface area contributed by atoms with E-state index in [1.807, 2.05) is 26.0 Å². The van der Waals surface area contributed by atoms with Crippen molar-refractivity contribution in [1.29, 1.82) is 0 Å². The summed E-state index contributed by atoms with van der Waals surface area (Å²) in [6.45, 7) is 8.56. The number of rotatable bonds is 4. The molecular formula is C20H29NaO4S. The average Bonchev–Trinajstić information content (AvgIpc) is 2.53. The minimum absolute atomic E-state index is 0. The molecule has 1 saturated carbocycles. The second-order valence-corrected chi connectivity index (χ2v) is 9.82. The molecule has 0 amide bonds. The molecule has 0 unspecified atom stereocenters. The summed E-state index contributed by atoms with van der Waals surface area (Å²) in [6.07, 6.45) is 5.67. The van der Waals surface area contributed by atoms with E-state index >= 15 is 0 Å². The van der Waals surface area contributed by atoms with Crippen LogP contribution in [-0.2, 0) is 30.9 Å². The van der Waals surface area contributed by atoms with Crippen LogP contribution in [0.2, 0.25) is 0 Å². The van der Waals surface area contributed by atoms with Crippen LogP contribution in [-0.4, -0.2) is 44.4 Å². The van der Waals surface area contributed by atoms with Gasteiger partial charge in [-0.3, -0.25) is 4.79 Å². The third kappa shape index (κ3) is 3.65. The molecular weight excluding hydrogens is 359 g/mol. The maximum atomic E-state index is 12.5. The van der Waals surface area contributed by atoms with Crippen LogP contribution in [0.15, 0.2) is 17.0 Å². The minimum atomic E-state index is -4.07. The van der Waals surface area contributed by atoms with Gasteiger partial charge < -0.3 is 4.18 Å². The first kappa shape index (κ1) is 21.9. The van der Waals surface area contributed by atoms with Gasteiger partial charge in [0.25, 0.3) is 0 Å². The molecule has 2 aliphatic carbocycles. The van der Waals surface area contributed by atoms with E-state index in [-0.39, 0.29) is 52.3 Å². The van der Waals surface area contributed by atoms with Gasteiger partial charge in [0, 0.05) is 0 Å². The molecule has 140 valence electrons. The molecule has 4 nitrogen and oxygen atoms in total. The number of carbonyl (C=O) groups is 1. The SMILES string of the molecule is CC(C)c1cc2c(cc1S(=O)(=O)OC=O)[C@@]1(C)CCC[C@@H](C)[C@H]1CC2.[NaH]. The molecule has 0 aromatic heterocycles. The zero-order valence-electron chi connectivity index (χ0n) is 15.5. The van der Waals surface area contributed by atoms with Crippen molar-refractivity contribution >= 4 is 46.1 Å². The van der Waals surface area contributed by atoms with E-state index in [0.717, 1.165) is 24.0 Å². The van der Waals surface area contributed by atoms with Crippen LogP contribution in [0, 0.1) is 11.8 Å². The molecule has 1 aromatic carbocycles. The molecule has 0 bridgehead atoms. The van der Waals surface area contributed by atoms with E-state index in [0.29, 0.717) is 11.8 Å². The van der Waals surface area contributed by atoms with Gasteiger partial charge in [0.2, 0.25) is 0 Å². The molecule has 1 fully saturated rings. The van der Waals surface area contributed by atoms with Gasteiger partial charge in [-0.15, -0.1) is 0 Å². The summed E-state index contributed by atoms with van der Waals surface area (Å²) in [6, 6.07) is 3.86. The Labute approximate surface area is 179 Å². The van der Waals surface area contributed by atoms with Gasteiger partial charge in [-0.2, -0.15) is 8.42 Å². The summed E-state index contributed by atoms with van der Waals surface area (Å²) in [7, 11) is -4.07. The number of fused-ring (bicyclic) bond motifs is 3. The molecule has 3 rings (SSSR count). The fourth-order valence-corrected chi connectivity index (χ4v) is 6.26. The van der Waals surface area contributed by atoms with Gasteiger partial charge in [0.1, 0.15) is 4.90 Å². The third-order valence-electron chi connectivity index (χ3n) is 6.49. The van der Waals surface area contributed by atoms with E-state index in [1.54, 1.807) is 0 Å². The van der Waals surface area contributed by atoms with E-state index in [2.05, 4.69) is 18.0 Å². The van der Waals surface area contributed by atoms with Crippen LogP contribution in [0.25, 0.3) is 0 Å². The third-order valence-corrected chi connectivity index (χ3v) is 7.72. The van der Waals surface area contributed by atoms with Crippen molar-refractivity contribution in [2.45, 2.75) is 76.0 Å². The second-order valence-electron chi connectivity index (χ2n) is 8.28. The number of aryl methyl sites for hydroxylation is 1. The van der Waals surface area contributed by atoms with Gasteiger partial charge in [0.15, 0.2) is 0 Å². The van der Waals surface area contributed by atoms with Crippen LogP contribution in [0.3, 0.4) is 0 Å². The molecule has 26 heavy (non-hydrogen) atoms. The first-order chi connectivity index (χ1) is 11.7. The first-order valence-corrected chi connectivity index (χ1v) is 10.7. The van der Waals surface area contributed by atoms with Crippen LogP contribution in [0.4, 0.5) is 0 Å². The van der Waals surface area contributed by atoms with Crippen molar-refractivity contribution < 1.29 is 17.4 Å². The van der Waals surface area contributed by atoms with Crippen LogP contribution in [0.5, 0.6) is 0 Å². The monoisotopic (exact) mass is 388 g/mol. The van der Waals surface area contributed by atoms with Gasteiger partial charge in [-0.05, 0) is 65.2 Å². The van der Waals surface area contributed by atoms with Gasteiger partial charge in [-0.1, -0.05) is 46.6 Å². The molecule has 6 heteroatoms. The van der Waals surface area contributed by atoms with Crippen molar-refractivity contribution in [3.8, 4) is 0 Å². The Morgan fingerprint density at radius 2 is 1.96 bits per heavy atom. The first-order valence-electron chi connectivity index (χ1n) is 9.25. The Hall–Kier alpha value is -0.360. The van der Waals surface area contributed by atoms with E-state index < -0.39 is 10.1 Å². The van der Waals surface area contributed by atoms with Crippen molar-refractivity contribution in [2.24, 2.45) is 11.8 Å². The summed E-state index contributed by atoms with van der Waals surface area (Å²) in [5.41, 5.74) is 3.16. The average molecular weight is 389 g/mol. The quantitative estimate of drug-likeness (QED) is 0.449. The van der Waals surface area contributed by atoms with E-state index in [9.17, 15) is 13.2 Å². The van der Waals surface area contributed by atoms with Gasteiger partial charge >= 0.3 is 46.1 Å². The Kier molecular flexibility index (Phi) is 6.70. The topological polar surface area (TPSA) is 60.4 Å². The molecule has 3 atom stereocenters. The Bertz CT molecular complexity index is 787. The van der Waals surface area contributed by atoms with Gasteiger partial charge in [0.05, 0.1) is 0 Å². The van der Waals surface area contributed by atoms with Crippen LogP contribution >= 0.6 is 0 Å². The predicted octanol–water partition coefficient (Wildman–Crippen LogP) is 3.66. The zero-order chi connectivity index (χ0) is 18.4. The Morgan fingerprint density at radius 1 is 1.27 bits per heavy atom. The van der Waals surface area contributed by atoms with Crippen LogP contribution in [0.1, 0.15) is 76.0 Å². The van der Waals surface area contributed by atoms with Gasteiger partial charge in [-0.25, -0.2) is 0 Å². The summed E-state index contributed by atoms with van der Waals surface area (Å²) >= 11 is 0. The number of hydrogen-bond donors (Lipinski definition) is 0. The van der Waals surface area contributed by atoms with E-state index in [1.165, 1.54) is 24.8 Å². The maximum absolute atomic E-state index is 12.5. The standard InChI is InChI=1S/C20H28O4S.Na.H/c1-13(2)16-10-15-7-8-17-14(3)6-5-9-20(17,4)18(15)11-19(16)25(22,23)24-12-21;;/h10-14,17H,5-9H2,1-4H3;;/t14-,17-,20+;;/m1../s1. The summed E-state index contributed by atoms with van der Waals surface area (Å²) < 4.78 is 29.5. The summed E-state index contributed by atoms with van der Waals surface area (Å²) in [5.74, 6) is 1.28. The molecule has 0 aliphatic heterocycles. The Morgan fingerprint density at radius 3 is 2.58 bits per heavy atom. The molecule has 0 radical (unpaired) electrons.